The number of nitrogens with zero attached hydrogens (tertiary/aromatic N) is 1. The molecule has 2 nitrogen and oxygen atoms in total. The summed E-state index contributed by atoms with van der Waals surface area (Å²) in [5.74, 6) is 0. The highest BCUT2D eigenvalue weighted by atomic mass is 79.9. The summed E-state index contributed by atoms with van der Waals surface area (Å²) >= 11 is 3.46. The topological polar surface area (TPSA) is 24.9 Å². The lowest BCUT2D eigenvalue weighted by atomic mass is 10.1. The molecule has 3 heteroatoms. The molecule has 1 aliphatic heterocycles. The minimum Gasteiger partial charge on any atom is -0.310 e. The zero-order valence-corrected chi connectivity index (χ0v) is 8.34. The maximum atomic E-state index is 4.20. The molecule has 2 heterocycles. The van der Waals surface area contributed by atoms with E-state index in [4.69, 9.17) is 0 Å². The zero-order valence-electron chi connectivity index (χ0n) is 6.76. The molecule has 0 radical (unpaired) electrons. The highest BCUT2D eigenvalue weighted by Crippen LogP contribution is 2.27. The Labute approximate surface area is 80.5 Å². The SMILES string of the molecule is Brc1ncccc1[C@H]1CCCN1. The molecule has 1 fully saturated rings. The van der Waals surface area contributed by atoms with Crippen LogP contribution in [0.1, 0.15) is 24.4 Å². The third-order valence-electron chi connectivity index (χ3n) is 2.22. The molecule has 1 N–H and O–H groups in total. The van der Waals surface area contributed by atoms with Crippen LogP contribution < -0.4 is 5.32 Å². The Morgan fingerprint density at radius 2 is 2.50 bits per heavy atom. The third kappa shape index (κ3) is 1.52. The third-order valence-corrected chi connectivity index (χ3v) is 2.89. The first-order valence-corrected chi connectivity index (χ1v) is 5.01. The lowest BCUT2D eigenvalue weighted by molar-refractivity contribution is 0.641. The van der Waals surface area contributed by atoms with Crippen molar-refractivity contribution in [2.75, 3.05) is 6.54 Å². The Morgan fingerprint density at radius 3 is 3.17 bits per heavy atom. The molecule has 1 aromatic rings. The minimum absolute atomic E-state index is 0.507. The van der Waals surface area contributed by atoms with Gasteiger partial charge >= 0.3 is 0 Å². The van der Waals surface area contributed by atoms with Gasteiger partial charge in [0.15, 0.2) is 0 Å². The molecule has 0 saturated carbocycles. The van der Waals surface area contributed by atoms with E-state index in [-0.39, 0.29) is 0 Å². The summed E-state index contributed by atoms with van der Waals surface area (Å²) < 4.78 is 0.976. The molecule has 0 aromatic carbocycles. The predicted octanol–water partition coefficient (Wildman–Crippen LogP) is 2.27. The van der Waals surface area contributed by atoms with Crippen LogP contribution in [0.5, 0.6) is 0 Å². The van der Waals surface area contributed by atoms with E-state index in [1.807, 2.05) is 12.3 Å². The molecule has 0 aliphatic carbocycles. The lowest BCUT2D eigenvalue weighted by Crippen LogP contribution is -2.13. The van der Waals surface area contributed by atoms with Crippen LogP contribution in [-0.2, 0) is 0 Å². The second-order valence-electron chi connectivity index (χ2n) is 3.03. The molecule has 1 saturated heterocycles. The van der Waals surface area contributed by atoms with E-state index in [0.717, 1.165) is 11.1 Å². The molecule has 12 heavy (non-hydrogen) atoms. The normalized spacial score (nSPS) is 22.9. The maximum Gasteiger partial charge on any atom is 0.110 e. The number of hydrogen-bond donors (Lipinski definition) is 1. The average molecular weight is 227 g/mol. The Kier molecular flexibility index (Phi) is 2.42. The van der Waals surface area contributed by atoms with Gasteiger partial charge in [-0.25, -0.2) is 4.98 Å². The van der Waals surface area contributed by atoms with E-state index in [1.165, 1.54) is 18.4 Å². The molecular formula is C9H11BrN2. The van der Waals surface area contributed by atoms with Crippen LogP contribution in [0.25, 0.3) is 0 Å². The number of hydrogen-bond acceptors (Lipinski definition) is 2. The summed E-state index contributed by atoms with van der Waals surface area (Å²) in [5.41, 5.74) is 1.29. The summed E-state index contributed by atoms with van der Waals surface area (Å²) in [6, 6.07) is 4.62. The first-order valence-electron chi connectivity index (χ1n) is 4.22. The van der Waals surface area contributed by atoms with Gasteiger partial charge in [0.05, 0.1) is 0 Å². The van der Waals surface area contributed by atoms with Crippen LogP contribution in [0.4, 0.5) is 0 Å². The van der Waals surface area contributed by atoms with E-state index in [1.54, 1.807) is 0 Å². The summed E-state index contributed by atoms with van der Waals surface area (Å²) in [7, 11) is 0. The number of aromatic nitrogens is 1. The smallest absolute Gasteiger partial charge is 0.110 e. The van der Waals surface area contributed by atoms with Gasteiger partial charge in [-0.1, -0.05) is 6.07 Å². The molecule has 1 aromatic heterocycles. The van der Waals surface area contributed by atoms with Crippen molar-refractivity contribution >= 4 is 15.9 Å². The second kappa shape index (κ2) is 3.54. The minimum atomic E-state index is 0.507. The van der Waals surface area contributed by atoms with Crippen molar-refractivity contribution in [2.24, 2.45) is 0 Å². The van der Waals surface area contributed by atoms with Crippen LogP contribution in [-0.4, -0.2) is 11.5 Å². The fraction of sp³-hybridized carbons (Fsp3) is 0.444. The van der Waals surface area contributed by atoms with Gasteiger partial charge in [-0.2, -0.15) is 0 Å². The molecule has 0 spiro atoms. The van der Waals surface area contributed by atoms with Crippen molar-refractivity contribution in [1.82, 2.24) is 10.3 Å². The first-order chi connectivity index (χ1) is 5.88. The van der Waals surface area contributed by atoms with Crippen molar-refractivity contribution in [1.29, 1.82) is 0 Å². The van der Waals surface area contributed by atoms with Crippen LogP contribution in [0.2, 0.25) is 0 Å². The molecule has 0 unspecified atom stereocenters. The maximum absolute atomic E-state index is 4.20. The quantitative estimate of drug-likeness (QED) is 0.744. The van der Waals surface area contributed by atoms with Crippen molar-refractivity contribution in [3.05, 3.63) is 28.5 Å². The molecule has 1 aliphatic rings. The largest absolute Gasteiger partial charge is 0.310 e. The van der Waals surface area contributed by atoms with Gasteiger partial charge in [0.2, 0.25) is 0 Å². The van der Waals surface area contributed by atoms with E-state index in [2.05, 4.69) is 32.3 Å². The molecule has 64 valence electrons. The Hall–Kier alpha value is -0.410. The van der Waals surface area contributed by atoms with Crippen molar-refractivity contribution < 1.29 is 0 Å². The Morgan fingerprint density at radius 1 is 1.58 bits per heavy atom. The fourth-order valence-corrected chi connectivity index (χ4v) is 2.14. The van der Waals surface area contributed by atoms with Gasteiger partial charge in [-0.3, -0.25) is 0 Å². The van der Waals surface area contributed by atoms with Crippen LogP contribution >= 0.6 is 15.9 Å². The first kappa shape index (κ1) is 8.20. The van der Waals surface area contributed by atoms with Gasteiger partial charge in [-0.15, -0.1) is 0 Å². The predicted molar refractivity (Wildman–Crippen MR) is 51.9 cm³/mol. The van der Waals surface area contributed by atoms with Gasteiger partial charge < -0.3 is 5.32 Å². The van der Waals surface area contributed by atoms with Gasteiger partial charge in [0.25, 0.3) is 0 Å². The molecule has 0 amide bonds. The molecule has 2 rings (SSSR count). The average Bonchev–Trinajstić information content (AvgIpc) is 2.57. The van der Waals surface area contributed by atoms with E-state index in [9.17, 15) is 0 Å². The van der Waals surface area contributed by atoms with Gasteiger partial charge in [0, 0.05) is 17.8 Å². The van der Waals surface area contributed by atoms with E-state index < -0.39 is 0 Å². The molecule has 1 atom stereocenters. The number of rotatable bonds is 1. The summed E-state index contributed by atoms with van der Waals surface area (Å²) in [4.78, 5) is 4.20. The van der Waals surface area contributed by atoms with Crippen molar-refractivity contribution in [3.8, 4) is 0 Å². The van der Waals surface area contributed by atoms with Crippen LogP contribution in [0, 0.1) is 0 Å². The Balaban J connectivity index is 2.26. The van der Waals surface area contributed by atoms with E-state index >= 15 is 0 Å². The van der Waals surface area contributed by atoms with Crippen LogP contribution in [0.3, 0.4) is 0 Å². The number of halogens is 1. The number of nitrogens with one attached hydrogen (secondary N) is 1. The standard InChI is InChI=1S/C9H11BrN2/c10-9-7(3-1-6-12-9)8-4-2-5-11-8/h1,3,6,8,11H,2,4-5H2/t8-/m1/s1. The van der Waals surface area contributed by atoms with Gasteiger partial charge in [-0.05, 0) is 41.4 Å². The fourth-order valence-electron chi connectivity index (χ4n) is 1.61. The summed E-state index contributed by atoms with van der Waals surface area (Å²) in [6.07, 6.45) is 4.30. The number of pyridine rings is 1. The molecular weight excluding hydrogens is 216 g/mol. The monoisotopic (exact) mass is 226 g/mol. The highest BCUT2D eigenvalue weighted by Gasteiger charge is 2.18. The molecule has 0 bridgehead atoms. The second-order valence-corrected chi connectivity index (χ2v) is 3.78. The highest BCUT2D eigenvalue weighted by molar-refractivity contribution is 9.10. The van der Waals surface area contributed by atoms with Gasteiger partial charge in [0.1, 0.15) is 4.60 Å². The zero-order chi connectivity index (χ0) is 8.39. The van der Waals surface area contributed by atoms with Crippen molar-refractivity contribution in [3.63, 3.8) is 0 Å². The Bertz CT molecular complexity index is 269. The lowest BCUT2D eigenvalue weighted by Gasteiger charge is -2.10. The van der Waals surface area contributed by atoms with E-state index in [0.29, 0.717) is 6.04 Å². The van der Waals surface area contributed by atoms with Crippen LogP contribution in [0.15, 0.2) is 22.9 Å². The van der Waals surface area contributed by atoms with Crippen molar-refractivity contribution in [2.45, 2.75) is 18.9 Å². The summed E-state index contributed by atoms with van der Waals surface area (Å²) in [5, 5.41) is 3.44. The summed E-state index contributed by atoms with van der Waals surface area (Å²) in [6.45, 7) is 1.13.